The third-order valence-electron chi connectivity index (χ3n) is 1.35. The first-order valence-electron chi connectivity index (χ1n) is 3.55. The minimum atomic E-state index is 0.791. The highest BCUT2D eigenvalue weighted by molar-refractivity contribution is 7.99. The molecule has 0 unspecified atom stereocenters. The molecule has 0 amide bonds. The summed E-state index contributed by atoms with van der Waals surface area (Å²) in [6.07, 6.45) is 0.901. The summed E-state index contributed by atoms with van der Waals surface area (Å²) in [5.74, 6) is 1.00. The third-order valence-corrected chi connectivity index (χ3v) is 2.32. The number of carbonyl (C=O) groups is 1. The maximum Gasteiger partial charge on any atom is 0.151 e. The van der Waals surface area contributed by atoms with Gasteiger partial charge >= 0.3 is 0 Å². The van der Waals surface area contributed by atoms with Gasteiger partial charge in [0, 0.05) is 10.5 Å². The lowest BCUT2D eigenvalue weighted by molar-refractivity contribution is 0.112. The lowest BCUT2D eigenvalue weighted by atomic mass is 10.2. The molecule has 1 nitrogen and oxygen atoms in total. The number of hydrogen-bond donors (Lipinski definition) is 0. The van der Waals surface area contributed by atoms with Crippen LogP contribution in [-0.4, -0.2) is 12.0 Å². The van der Waals surface area contributed by atoms with Crippen molar-refractivity contribution in [2.45, 2.75) is 11.8 Å². The third kappa shape index (κ3) is 2.09. The van der Waals surface area contributed by atoms with E-state index in [0.29, 0.717) is 0 Å². The van der Waals surface area contributed by atoms with Gasteiger partial charge in [0.1, 0.15) is 0 Å². The number of thioether (sulfide) groups is 1. The van der Waals surface area contributed by atoms with Crippen LogP contribution in [0.5, 0.6) is 0 Å². The van der Waals surface area contributed by atoms with E-state index < -0.39 is 0 Å². The van der Waals surface area contributed by atoms with Gasteiger partial charge in [-0.25, -0.2) is 0 Å². The van der Waals surface area contributed by atoms with Crippen LogP contribution in [0.3, 0.4) is 0 Å². The highest BCUT2D eigenvalue weighted by Gasteiger charge is 1.97. The van der Waals surface area contributed by atoms with Crippen LogP contribution in [0.1, 0.15) is 17.3 Å². The topological polar surface area (TPSA) is 17.1 Å². The normalized spacial score (nSPS) is 9.55. The summed E-state index contributed by atoms with van der Waals surface area (Å²) in [6, 6.07) is 7.64. The molecular formula is C9H10OS. The Labute approximate surface area is 70.8 Å². The van der Waals surface area contributed by atoms with Gasteiger partial charge in [0.25, 0.3) is 0 Å². The molecule has 0 aliphatic heterocycles. The fourth-order valence-electron chi connectivity index (χ4n) is 0.865. The van der Waals surface area contributed by atoms with E-state index in [2.05, 4.69) is 6.92 Å². The molecule has 0 heterocycles. The SMILES string of the molecule is CCSc1ccccc1C=O. The smallest absolute Gasteiger partial charge is 0.151 e. The summed E-state index contributed by atoms with van der Waals surface area (Å²) in [6.45, 7) is 2.08. The van der Waals surface area contributed by atoms with Crippen molar-refractivity contribution in [2.75, 3.05) is 5.75 Å². The maximum absolute atomic E-state index is 10.5. The Kier molecular flexibility index (Phi) is 3.17. The highest BCUT2D eigenvalue weighted by atomic mass is 32.2. The molecule has 2 heteroatoms. The Bertz CT molecular complexity index is 245. The molecule has 0 aliphatic carbocycles. The molecule has 1 rings (SSSR count). The molecule has 11 heavy (non-hydrogen) atoms. The van der Waals surface area contributed by atoms with Gasteiger partial charge in [-0.15, -0.1) is 11.8 Å². The van der Waals surface area contributed by atoms with Crippen LogP contribution in [0.4, 0.5) is 0 Å². The summed E-state index contributed by atoms with van der Waals surface area (Å²) >= 11 is 1.70. The molecule has 58 valence electrons. The van der Waals surface area contributed by atoms with Crippen molar-refractivity contribution in [3.05, 3.63) is 29.8 Å². The first-order valence-corrected chi connectivity index (χ1v) is 4.54. The van der Waals surface area contributed by atoms with E-state index in [1.165, 1.54) is 0 Å². The average molecular weight is 166 g/mol. The minimum absolute atomic E-state index is 0.791. The second kappa shape index (κ2) is 4.19. The Balaban J connectivity index is 2.92. The molecule has 1 aromatic rings. The minimum Gasteiger partial charge on any atom is -0.298 e. The van der Waals surface area contributed by atoms with Crippen LogP contribution in [0.2, 0.25) is 0 Å². The quantitative estimate of drug-likeness (QED) is 0.507. The van der Waals surface area contributed by atoms with Gasteiger partial charge in [-0.2, -0.15) is 0 Å². The van der Waals surface area contributed by atoms with Crippen molar-refractivity contribution in [1.29, 1.82) is 0 Å². The summed E-state index contributed by atoms with van der Waals surface area (Å²) in [5.41, 5.74) is 0.791. The molecule has 0 atom stereocenters. The van der Waals surface area contributed by atoms with Crippen LogP contribution in [0, 0.1) is 0 Å². The van der Waals surface area contributed by atoms with Gasteiger partial charge in [-0.3, -0.25) is 4.79 Å². The lowest BCUT2D eigenvalue weighted by Gasteiger charge is -1.99. The van der Waals surface area contributed by atoms with Crippen LogP contribution in [-0.2, 0) is 0 Å². The molecule has 0 spiro atoms. The van der Waals surface area contributed by atoms with Crippen molar-refractivity contribution >= 4 is 18.0 Å². The second-order valence-corrected chi connectivity index (χ2v) is 3.39. The largest absolute Gasteiger partial charge is 0.298 e. The van der Waals surface area contributed by atoms with E-state index in [0.717, 1.165) is 22.5 Å². The molecule has 1 aromatic carbocycles. The molecule has 0 bridgehead atoms. The number of aldehydes is 1. The Morgan fingerprint density at radius 3 is 2.82 bits per heavy atom. The van der Waals surface area contributed by atoms with Crippen LogP contribution < -0.4 is 0 Å². The van der Waals surface area contributed by atoms with Gasteiger partial charge in [-0.1, -0.05) is 25.1 Å². The van der Waals surface area contributed by atoms with E-state index in [1.54, 1.807) is 11.8 Å². The zero-order chi connectivity index (χ0) is 8.10. The fourth-order valence-corrected chi connectivity index (χ4v) is 1.63. The van der Waals surface area contributed by atoms with Crippen molar-refractivity contribution in [3.8, 4) is 0 Å². The maximum atomic E-state index is 10.5. The van der Waals surface area contributed by atoms with E-state index in [-0.39, 0.29) is 0 Å². The van der Waals surface area contributed by atoms with Crippen LogP contribution in [0.15, 0.2) is 29.2 Å². The Morgan fingerprint density at radius 1 is 1.45 bits per heavy atom. The van der Waals surface area contributed by atoms with Crippen molar-refractivity contribution in [3.63, 3.8) is 0 Å². The molecule has 0 fully saturated rings. The summed E-state index contributed by atoms with van der Waals surface area (Å²) < 4.78 is 0. The van der Waals surface area contributed by atoms with Gasteiger partial charge in [0.2, 0.25) is 0 Å². The first kappa shape index (κ1) is 8.34. The van der Waals surface area contributed by atoms with Gasteiger partial charge in [0.05, 0.1) is 0 Å². The summed E-state index contributed by atoms with van der Waals surface area (Å²) in [5, 5.41) is 0. The van der Waals surface area contributed by atoms with E-state index >= 15 is 0 Å². The molecular weight excluding hydrogens is 156 g/mol. The Hall–Kier alpha value is -0.760. The van der Waals surface area contributed by atoms with E-state index in [4.69, 9.17) is 0 Å². The molecule has 0 aliphatic rings. The zero-order valence-electron chi connectivity index (χ0n) is 6.41. The first-order chi connectivity index (χ1) is 5.38. The molecule has 0 aromatic heterocycles. The predicted molar refractivity (Wildman–Crippen MR) is 48.2 cm³/mol. The number of carbonyl (C=O) groups excluding carboxylic acids is 1. The van der Waals surface area contributed by atoms with Crippen LogP contribution >= 0.6 is 11.8 Å². The molecule has 0 saturated carbocycles. The molecule has 0 saturated heterocycles. The van der Waals surface area contributed by atoms with Crippen molar-refractivity contribution in [2.24, 2.45) is 0 Å². The standard InChI is InChI=1S/C9H10OS/c1-2-11-9-6-4-3-5-8(9)7-10/h3-7H,2H2,1H3. The van der Waals surface area contributed by atoms with Crippen LogP contribution in [0.25, 0.3) is 0 Å². The Morgan fingerprint density at radius 2 is 2.18 bits per heavy atom. The number of benzene rings is 1. The van der Waals surface area contributed by atoms with E-state index in [9.17, 15) is 4.79 Å². The number of rotatable bonds is 3. The summed E-state index contributed by atoms with van der Waals surface area (Å²) in [7, 11) is 0. The second-order valence-electron chi connectivity index (χ2n) is 2.09. The fraction of sp³-hybridized carbons (Fsp3) is 0.222. The zero-order valence-corrected chi connectivity index (χ0v) is 7.23. The average Bonchev–Trinajstić information content (AvgIpc) is 2.06. The van der Waals surface area contributed by atoms with Gasteiger partial charge < -0.3 is 0 Å². The van der Waals surface area contributed by atoms with E-state index in [1.807, 2.05) is 24.3 Å². The van der Waals surface area contributed by atoms with Gasteiger partial charge in [-0.05, 0) is 11.8 Å². The lowest BCUT2D eigenvalue weighted by Crippen LogP contribution is -1.83. The summed E-state index contributed by atoms with van der Waals surface area (Å²) in [4.78, 5) is 11.6. The molecule has 0 radical (unpaired) electrons. The highest BCUT2D eigenvalue weighted by Crippen LogP contribution is 2.20. The number of hydrogen-bond acceptors (Lipinski definition) is 2. The predicted octanol–water partition coefficient (Wildman–Crippen LogP) is 2.61. The molecule has 0 N–H and O–H groups in total. The van der Waals surface area contributed by atoms with Gasteiger partial charge in [0.15, 0.2) is 6.29 Å². The van der Waals surface area contributed by atoms with Crippen molar-refractivity contribution in [1.82, 2.24) is 0 Å². The van der Waals surface area contributed by atoms with Crippen molar-refractivity contribution < 1.29 is 4.79 Å². The monoisotopic (exact) mass is 166 g/mol.